The van der Waals surface area contributed by atoms with Gasteiger partial charge in [0.05, 0.1) is 18.8 Å². The van der Waals surface area contributed by atoms with Crippen LogP contribution in [0.25, 0.3) is 0 Å². The highest BCUT2D eigenvalue weighted by Gasteiger charge is 2.36. The van der Waals surface area contributed by atoms with Gasteiger partial charge >= 0.3 is 0 Å². The molecule has 7 heteroatoms. The van der Waals surface area contributed by atoms with Gasteiger partial charge in [-0.3, -0.25) is 14.4 Å². The normalized spacial score (nSPS) is 25.8. The van der Waals surface area contributed by atoms with Crippen LogP contribution in [0.2, 0.25) is 0 Å². The number of benzene rings is 1. The molecule has 0 aromatic heterocycles. The van der Waals surface area contributed by atoms with Gasteiger partial charge < -0.3 is 19.9 Å². The number of rotatable bonds is 12. The topological polar surface area (TPSA) is 102 Å². The molecule has 0 saturated carbocycles. The van der Waals surface area contributed by atoms with Crippen LogP contribution in [0, 0.1) is 23.7 Å². The maximum Gasteiger partial charge on any atom is 0.224 e. The van der Waals surface area contributed by atoms with Gasteiger partial charge in [0, 0.05) is 24.9 Å². The predicted octanol–water partition coefficient (Wildman–Crippen LogP) is 5.23. The van der Waals surface area contributed by atoms with E-state index in [-0.39, 0.29) is 35.4 Å². The van der Waals surface area contributed by atoms with E-state index in [1.54, 1.807) is 0 Å². The number of unbranched alkanes of at least 4 members (excludes halogenated alkanes) is 1. The summed E-state index contributed by atoms with van der Waals surface area (Å²) < 4.78 is 11.8. The van der Waals surface area contributed by atoms with Crippen LogP contribution in [0.4, 0.5) is 0 Å². The molecule has 2 N–H and O–H groups in total. The van der Waals surface area contributed by atoms with Crippen LogP contribution in [0.1, 0.15) is 84.1 Å². The zero-order chi connectivity index (χ0) is 28.9. The molecule has 2 aliphatic heterocycles. The van der Waals surface area contributed by atoms with Crippen molar-refractivity contribution < 1.29 is 29.0 Å². The predicted molar refractivity (Wildman–Crippen MR) is 156 cm³/mol. The van der Waals surface area contributed by atoms with E-state index >= 15 is 0 Å². The number of hydrogen-bond acceptors (Lipinski definition) is 6. The van der Waals surface area contributed by atoms with Crippen LogP contribution in [0.5, 0.6) is 5.75 Å². The van der Waals surface area contributed by atoms with Gasteiger partial charge in [-0.1, -0.05) is 51.5 Å². The molecular formula is C33H49NO6. The van der Waals surface area contributed by atoms with Crippen molar-refractivity contribution in [3.63, 3.8) is 0 Å². The molecule has 4 rings (SSSR count). The first-order valence-corrected chi connectivity index (χ1v) is 15.3. The third-order valence-electron chi connectivity index (χ3n) is 8.12. The Kier molecular flexibility index (Phi) is 13.3. The Labute approximate surface area is 240 Å². The van der Waals surface area contributed by atoms with Crippen LogP contribution >= 0.6 is 0 Å². The van der Waals surface area contributed by atoms with Crippen molar-refractivity contribution in [1.29, 1.82) is 0 Å². The first-order valence-electron chi connectivity index (χ1n) is 15.3. The largest absolute Gasteiger partial charge is 0.494 e. The number of Topliss-reactive ketones (excluding diaryl/α,β-unsaturated/α-hetero) is 2. The number of carbonyl (C=O) groups is 3. The smallest absolute Gasteiger partial charge is 0.224 e. The Morgan fingerprint density at radius 1 is 1.10 bits per heavy atom. The summed E-state index contributed by atoms with van der Waals surface area (Å²) in [6.07, 6.45) is 11.2. The second-order valence-corrected chi connectivity index (χ2v) is 11.8. The summed E-state index contributed by atoms with van der Waals surface area (Å²) >= 11 is 0. The number of aliphatic hydroxyl groups excluding tert-OH is 1. The van der Waals surface area contributed by atoms with E-state index in [0.717, 1.165) is 37.0 Å². The van der Waals surface area contributed by atoms with Crippen LogP contribution in [0.15, 0.2) is 36.4 Å². The van der Waals surface area contributed by atoms with Crippen LogP contribution < -0.4 is 10.1 Å². The second-order valence-electron chi connectivity index (χ2n) is 11.8. The molecule has 1 fully saturated rings. The van der Waals surface area contributed by atoms with Gasteiger partial charge in [-0.15, -0.1) is 0 Å². The van der Waals surface area contributed by atoms with E-state index in [0.29, 0.717) is 51.7 Å². The Hall–Kier alpha value is -2.51. The Morgan fingerprint density at radius 2 is 1.88 bits per heavy atom. The lowest BCUT2D eigenvalue weighted by atomic mass is 9.79. The van der Waals surface area contributed by atoms with Gasteiger partial charge in [0.25, 0.3) is 0 Å². The number of ether oxygens (including phenoxy) is 2. The van der Waals surface area contributed by atoms with Crippen LogP contribution in [-0.2, 0) is 25.5 Å². The number of aryl methyl sites for hydroxylation is 1. The van der Waals surface area contributed by atoms with Gasteiger partial charge in [-0.05, 0) is 80.9 Å². The maximum atomic E-state index is 13.7. The molecular weight excluding hydrogens is 506 g/mol. The maximum absolute atomic E-state index is 13.7. The van der Waals surface area contributed by atoms with Gasteiger partial charge in [-0.25, -0.2) is 0 Å². The number of fused-ring (bicyclic) bond motifs is 10. The summed E-state index contributed by atoms with van der Waals surface area (Å²) in [6.45, 7) is 6.79. The minimum Gasteiger partial charge on any atom is -0.494 e. The van der Waals surface area contributed by atoms with Crippen molar-refractivity contribution in [2.24, 2.45) is 23.7 Å². The van der Waals surface area contributed by atoms with E-state index in [9.17, 15) is 19.5 Å². The summed E-state index contributed by atoms with van der Waals surface area (Å²) in [5.41, 5.74) is 1.05. The number of carbonyl (C=O) groups excluding carboxylic acids is 3. The van der Waals surface area contributed by atoms with Crippen molar-refractivity contribution >= 4 is 17.5 Å². The van der Waals surface area contributed by atoms with Gasteiger partial charge in [0.2, 0.25) is 5.91 Å². The average Bonchev–Trinajstić information content (AvgIpc) is 2.95. The molecule has 1 aliphatic carbocycles. The fraction of sp³-hybridized carbons (Fsp3) is 0.667. The molecule has 7 nitrogen and oxygen atoms in total. The van der Waals surface area contributed by atoms with E-state index < -0.39 is 24.5 Å². The Bertz CT molecular complexity index is 972. The minimum atomic E-state index is -0.626. The molecule has 1 amide bonds. The van der Waals surface area contributed by atoms with Gasteiger partial charge in [-0.2, -0.15) is 0 Å². The molecule has 2 bridgehead atoms. The number of hydrogen-bond donors (Lipinski definition) is 2. The molecule has 40 heavy (non-hydrogen) atoms. The highest BCUT2D eigenvalue weighted by atomic mass is 16.5. The fourth-order valence-electron chi connectivity index (χ4n) is 5.77. The number of amides is 1. The fourth-order valence-corrected chi connectivity index (χ4v) is 5.77. The van der Waals surface area contributed by atoms with Crippen molar-refractivity contribution in [3.8, 4) is 5.75 Å². The highest BCUT2D eigenvalue weighted by molar-refractivity contribution is 5.93. The molecule has 1 saturated heterocycles. The second kappa shape index (κ2) is 16.7. The molecule has 0 spiro atoms. The quantitative estimate of drug-likeness (QED) is 0.271. The Morgan fingerprint density at radius 3 is 2.52 bits per heavy atom. The van der Waals surface area contributed by atoms with E-state index in [2.05, 4.69) is 24.4 Å². The van der Waals surface area contributed by atoms with Gasteiger partial charge in [0.1, 0.15) is 12.4 Å². The highest BCUT2D eigenvalue weighted by Crippen LogP contribution is 2.29. The number of ketones is 2. The number of allylic oxidation sites excluding steroid dienone is 1. The monoisotopic (exact) mass is 555 g/mol. The lowest BCUT2D eigenvalue weighted by Crippen LogP contribution is -2.48. The molecule has 2 heterocycles. The summed E-state index contributed by atoms with van der Waals surface area (Å²) in [5.74, 6) is -0.578. The first-order chi connectivity index (χ1) is 19.3. The van der Waals surface area contributed by atoms with Gasteiger partial charge in [0.15, 0.2) is 11.6 Å². The molecule has 222 valence electrons. The molecule has 3 aliphatic rings. The zero-order valence-corrected chi connectivity index (χ0v) is 24.6. The molecule has 1 unspecified atom stereocenters. The summed E-state index contributed by atoms with van der Waals surface area (Å²) in [6, 6.07) is 7.25. The van der Waals surface area contributed by atoms with E-state index in [1.807, 2.05) is 38.1 Å². The third-order valence-corrected chi connectivity index (χ3v) is 8.12. The van der Waals surface area contributed by atoms with Crippen molar-refractivity contribution in [2.45, 2.75) is 97.1 Å². The zero-order valence-electron chi connectivity index (χ0n) is 24.6. The number of nitrogens with one attached hydrogen (secondary N) is 1. The van der Waals surface area contributed by atoms with Crippen molar-refractivity contribution in [2.75, 3.05) is 19.8 Å². The first kappa shape index (κ1) is 32.0. The SMILES string of the molecule is CCCCOc1ccc(CCC(=O)[C@@H]2CC3C=C[C@@H](CC3)OCCC[C@H](C(=O)CO)[C@@H](CC(C)C)C(=O)N2)cc1. The molecule has 5 atom stereocenters. The number of aliphatic hydroxyl groups is 1. The minimum absolute atomic E-state index is 0.00354. The van der Waals surface area contributed by atoms with E-state index in [4.69, 9.17) is 9.47 Å². The standard InChI is InChI=1S/C33H49NO6/c1-4-5-18-39-26-13-8-24(9-14-26)12-17-31(36)30-21-25-10-15-27(16-11-25)40-19-6-7-28(32(37)22-35)29(20-23(2)3)33(38)34-30/h8-10,13-15,23,25,27-30,35H,4-7,11-12,16-22H2,1-3H3,(H,34,38)/t25?,27-,28-,29+,30-/m0/s1. The van der Waals surface area contributed by atoms with Crippen molar-refractivity contribution in [1.82, 2.24) is 5.32 Å². The summed E-state index contributed by atoms with van der Waals surface area (Å²) in [4.78, 5) is 40.1. The van der Waals surface area contributed by atoms with E-state index in [1.165, 1.54) is 0 Å². The van der Waals surface area contributed by atoms with Crippen molar-refractivity contribution in [3.05, 3.63) is 42.0 Å². The molecule has 1 aromatic carbocycles. The van der Waals surface area contributed by atoms with Crippen LogP contribution in [-0.4, -0.2) is 54.5 Å². The Balaban J connectivity index is 1.76. The third kappa shape index (κ3) is 10.2. The lowest BCUT2D eigenvalue weighted by Gasteiger charge is -2.31. The molecule has 1 aromatic rings. The average molecular weight is 556 g/mol. The summed E-state index contributed by atoms with van der Waals surface area (Å²) in [5, 5.41) is 12.8. The molecule has 0 radical (unpaired) electrons. The summed E-state index contributed by atoms with van der Waals surface area (Å²) in [7, 11) is 0. The van der Waals surface area contributed by atoms with Crippen LogP contribution in [0.3, 0.4) is 0 Å². The lowest BCUT2D eigenvalue weighted by molar-refractivity contribution is -0.138.